The van der Waals surface area contributed by atoms with Crippen LogP contribution < -0.4 is 10.6 Å². The molecule has 6 nitrogen and oxygen atoms in total. The third-order valence-corrected chi connectivity index (χ3v) is 4.04. The minimum absolute atomic E-state index is 0.0328. The van der Waals surface area contributed by atoms with Gasteiger partial charge in [-0.05, 0) is 36.6 Å². The number of nitrogens with one attached hydrogen (secondary N) is 2. The van der Waals surface area contributed by atoms with Crippen LogP contribution in [-0.2, 0) is 16.6 Å². The number of carbonyl (C=O) groups excluding carboxylic acids is 2. The SMILES string of the molecule is CSc1cccc(NC(=O)C(=O)NCC(O)c2cccn2C)c1. The smallest absolute Gasteiger partial charge is 0.313 e. The number of nitrogens with zero attached hydrogens (tertiary/aromatic N) is 1. The van der Waals surface area contributed by atoms with Crippen molar-refractivity contribution < 1.29 is 14.7 Å². The van der Waals surface area contributed by atoms with E-state index in [4.69, 9.17) is 0 Å². The van der Waals surface area contributed by atoms with Crippen LogP contribution in [0.1, 0.15) is 11.8 Å². The average Bonchev–Trinajstić information content (AvgIpc) is 2.98. The van der Waals surface area contributed by atoms with Gasteiger partial charge in [-0.3, -0.25) is 9.59 Å². The molecule has 0 aliphatic heterocycles. The molecule has 1 unspecified atom stereocenters. The van der Waals surface area contributed by atoms with Gasteiger partial charge >= 0.3 is 11.8 Å². The van der Waals surface area contributed by atoms with Crippen molar-refractivity contribution in [1.29, 1.82) is 0 Å². The number of rotatable bonds is 5. The van der Waals surface area contributed by atoms with Gasteiger partial charge < -0.3 is 20.3 Å². The van der Waals surface area contributed by atoms with Crippen molar-refractivity contribution in [2.75, 3.05) is 18.1 Å². The lowest BCUT2D eigenvalue weighted by Crippen LogP contribution is -2.37. The minimum Gasteiger partial charge on any atom is -0.385 e. The quantitative estimate of drug-likeness (QED) is 0.572. The topological polar surface area (TPSA) is 83.4 Å². The van der Waals surface area contributed by atoms with E-state index in [1.807, 2.05) is 12.3 Å². The van der Waals surface area contributed by atoms with Crippen molar-refractivity contribution in [1.82, 2.24) is 9.88 Å². The number of aromatic nitrogens is 1. The van der Waals surface area contributed by atoms with Crippen molar-refractivity contribution in [2.24, 2.45) is 7.05 Å². The maximum absolute atomic E-state index is 11.9. The normalized spacial score (nSPS) is 11.8. The summed E-state index contributed by atoms with van der Waals surface area (Å²) in [6.07, 6.45) is 2.86. The first-order valence-corrected chi connectivity index (χ1v) is 8.26. The molecular weight excluding hydrogens is 314 g/mol. The molecule has 0 fully saturated rings. The van der Waals surface area contributed by atoms with Gasteiger partial charge in [-0.2, -0.15) is 0 Å². The van der Waals surface area contributed by atoms with Crippen LogP contribution in [0.2, 0.25) is 0 Å². The maximum atomic E-state index is 11.9. The number of thioether (sulfide) groups is 1. The number of carbonyl (C=O) groups is 2. The number of hydrogen-bond donors (Lipinski definition) is 3. The Morgan fingerprint density at radius 1 is 1.26 bits per heavy atom. The first-order chi connectivity index (χ1) is 11.0. The first-order valence-electron chi connectivity index (χ1n) is 7.04. The number of aryl methyl sites for hydroxylation is 1. The molecular formula is C16H19N3O3S. The van der Waals surface area contributed by atoms with Crippen LogP contribution in [0, 0.1) is 0 Å². The molecule has 1 aromatic carbocycles. The Morgan fingerprint density at radius 3 is 2.70 bits per heavy atom. The van der Waals surface area contributed by atoms with Crippen molar-refractivity contribution in [3.05, 3.63) is 48.3 Å². The van der Waals surface area contributed by atoms with E-state index < -0.39 is 17.9 Å². The van der Waals surface area contributed by atoms with E-state index in [0.29, 0.717) is 11.4 Å². The third kappa shape index (κ3) is 4.61. The van der Waals surface area contributed by atoms with Gasteiger partial charge in [-0.15, -0.1) is 11.8 Å². The van der Waals surface area contributed by atoms with Crippen LogP contribution in [0.3, 0.4) is 0 Å². The summed E-state index contributed by atoms with van der Waals surface area (Å²) in [6.45, 7) is -0.0328. The lowest BCUT2D eigenvalue weighted by atomic mass is 10.2. The summed E-state index contributed by atoms with van der Waals surface area (Å²) in [5, 5.41) is 15.0. The number of benzene rings is 1. The van der Waals surface area contributed by atoms with Crippen LogP contribution >= 0.6 is 11.8 Å². The monoisotopic (exact) mass is 333 g/mol. The molecule has 7 heteroatoms. The first kappa shape index (κ1) is 17.1. The Morgan fingerprint density at radius 2 is 2.04 bits per heavy atom. The van der Waals surface area contributed by atoms with E-state index in [1.54, 1.807) is 59.9 Å². The predicted molar refractivity (Wildman–Crippen MR) is 90.2 cm³/mol. The second-order valence-electron chi connectivity index (χ2n) is 4.96. The number of aliphatic hydroxyl groups excluding tert-OH is 1. The maximum Gasteiger partial charge on any atom is 0.313 e. The zero-order valence-electron chi connectivity index (χ0n) is 12.9. The molecule has 1 aromatic heterocycles. The van der Waals surface area contributed by atoms with Gasteiger partial charge in [0.15, 0.2) is 0 Å². The molecule has 0 bridgehead atoms. The highest BCUT2D eigenvalue weighted by Crippen LogP contribution is 2.18. The fourth-order valence-electron chi connectivity index (χ4n) is 2.08. The molecule has 3 N–H and O–H groups in total. The van der Waals surface area contributed by atoms with E-state index >= 15 is 0 Å². The summed E-state index contributed by atoms with van der Waals surface area (Å²) in [5.74, 6) is -1.55. The van der Waals surface area contributed by atoms with Gasteiger partial charge in [-0.25, -0.2) is 0 Å². The molecule has 0 saturated carbocycles. The van der Waals surface area contributed by atoms with Crippen molar-refractivity contribution in [2.45, 2.75) is 11.0 Å². The van der Waals surface area contributed by atoms with Crippen molar-refractivity contribution in [3.8, 4) is 0 Å². The summed E-state index contributed by atoms with van der Waals surface area (Å²) < 4.78 is 1.75. The van der Waals surface area contributed by atoms with E-state index in [1.165, 1.54) is 0 Å². The Balaban J connectivity index is 1.87. The molecule has 2 amide bonds. The molecule has 0 aliphatic rings. The zero-order valence-corrected chi connectivity index (χ0v) is 13.8. The van der Waals surface area contributed by atoms with Gasteiger partial charge in [0.05, 0.1) is 0 Å². The minimum atomic E-state index is -0.869. The molecule has 0 radical (unpaired) electrons. The number of aliphatic hydroxyl groups is 1. The van der Waals surface area contributed by atoms with E-state index in [-0.39, 0.29) is 6.54 Å². The van der Waals surface area contributed by atoms with Gasteiger partial charge in [0, 0.05) is 36.1 Å². The van der Waals surface area contributed by atoms with Crippen molar-refractivity contribution in [3.63, 3.8) is 0 Å². The second-order valence-corrected chi connectivity index (χ2v) is 5.84. The Hall–Kier alpha value is -2.25. The fraction of sp³-hybridized carbons (Fsp3) is 0.250. The number of hydrogen-bond acceptors (Lipinski definition) is 4. The summed E-state index contributed by atoms with van der Waals surface area (Å²) in [4.78, 5) is 24.7. The Kier molecular flexibility index (Phi) is 5.84. The standard InChI is InChI=1S/C16H19N3O3S/c1-19-8-4-7-13(19)14(20)10-17-15(21)16(22)18-11-5-3-6-12(9-11)23-2/h3-9,14,20H,10H2,1-2H3,(H,17,21)(H,18,22). The Bertz CT molecular complexity index is 699. The number of amides is 2. The lowest BCUT2D eigenvalue weighted by Gasteiger charge is -2.13. The molecule has 23 heavy (non-hydrogen) atoms. The van der Waals surface area contributed by atoms with Crippen LogP contribution in [-0.4, -0.2) is 34.3 Å². The summed E-state index contributed by atoms with van der Waals surface area (Å²) in [6, 6.07) is 10.8. The number of anilines is 1. The van der Waals surface area contributed by atoms with Gasteiger partial charge in [0.25, 0.3) is 0 Å². The van der Waals surface area contributed by atoms with Crippen LogP contribution in [0.5, 0.6) is 0 Å². The van der Waals surface area contributed by atoms with Crippen molar-refractivity contribution >= 4 is 29.3 Å². The zero-order chi connectivity index (χ0) is 16.8. The van der Waals surface area contributed by atoms with Crippen LogP contribution in [0.25, 0.3) is 0 Å². The van der Waals surface area contributed by atoms with E-state index in [9.17, 15) is 14.7 Å². The highest BCUT2D eigenvalue weighted by atomic mass is 32.2. The second kappa shape index (κ2) is 7.85. The molecule has 2 rings (SSSR count). The Labute approximate surface area is 138 Å². The van der Waals surface area contributed by atoms with Crippen LogP contribution in [0.4, 0.5) is 5.69 Å². The highest BCUT2D eigenvalue weighted by Gasteiger charge is 2.17. The molecule has 0 saturated heterocycles. The molecule has 122 valence electrons. The van der Waals surface area contributed by atoms with E-state index in [2.05, 4.69) is 10.6 Å². The van der Waals surface area contributed by atoms with Gasteiger partial charge in [0.2, 0.25) is 0 Å². The van der Waals surface area contributed by atoms with Crippen LogP contribution in [0.15, 0.2) is 47.5 Å². The fourth-order valence-corrected chi connectivity index (χ4v) is 2.54. The van der Waals surface area contributed by atoms with Gasteiger partial charge in [-0.1, -0.05) is 6.07 Å². The molecule has 0 aliphatic carbocycles. The molecule has 2 aromatic rings. The van der Waals surface area contributed by atoms with E-state index in [0.717, 1.165) is 4.90 Å². The summed E-state index contributed by atoms with van der Waals surface area (Å²) in [5.41, 5.74) is 1.22. The largest absolute Gasteiger partial charge is 0.385 e. The highest BCUT2D eigenvalue weighted by molar-refractivity contribution is 7.98. The molecule has 1 atom stereocenters. The predicted octanol–water partition coefficient (Wildman–Crippen LogP) is 1.54. The third-order valence-electron chi connectivity index (χ3n) is 3.32. The summed E-state index contributed by atoms with van der Waals surface area (Å²) >= 11 is 1.55. The molecule has 1 heterocycles. The van der Waals surface area contributed by atoms with Gasteiger partial charge in [0.1, 0.15) is 6.10 Å². The lowest BCUT2D eigenvalue weighted by molar-refractivity contribution is -0.136. The average molecular weight is 333 g/mol. The molecule has 0 spiro atoms. The summed E-state index contributed by atoms with van der Waals surface area (Å²) in [7, 11) is 1.80.